The third-order valence-electron chi connectivity index (χ3n) is 4.30. The quantitative estimate of drug-likeness (QED) is 0.813. The van der Waals surface area contributed by atoms with Crippen molar-refractivity contribution in [3.63, 3.8) is 0 Å². The second kappa shape index (κ2) is 7.45. The second-order valence-corrected chi connectivity index (χ2v) is 8.33. The van der Waals surface area contributed by atoms with E-state index in [-0.39, 0.29) is 11.2 Å². The molecule has 2 rings (SSSR count). The molecule has 1 aromatic heterocycles. The molecule has 118 valence electrons. The zero-order chi connectivity index (χ0) is 15.4. The summed E-state index contributed by atoms with van der Waals surface area (Å²) in [6.45, 7) is 6.45. The number of rotatable bonds is 5. The van der Waals surface area contributed by atoms with Crippen LogP contribution >= 0.6 is 23.1 Å². The third-order valence-corrected chi connectivity index (χ3v) is 6.43. The Balaban J connectivity index is 1.87. The van der Waals surface area contributed by atoms with Crippen LogP contribution in [0.1, 0.15) is 40.0 Å². The van der Waals surface area contributed by atoms with E-state index >= 15 is 0 Å². The number of aromatic nitrogens is 2. The van der Waals surface area contributed by atoms with Gasteiger partial charge in [-0.1, -0.05) is 49.8 Å². The van der Waals surface area contributed by atoms with Crippen LogP contribution in [0.25, 0.3) is 0 Å². The molecule has 4 atom stereocenters. The Labute approximate surface area is 134 Å². The van der Waals surface area contributed by atoms with E-state index in [0.717, 1.165) is 15.9 Å². The summed E-state index contributed by atoms with van der Waals surface area (Å²) in [5.74, 6) is 1.35. The normalized spacial score (nSPS) is 27.1. The van der Waals surface area contributed by atoms with E-state index in [1.165, 1.54) is 35.9 Å². The number of nitrogens with one attached hydrogen (secondary N) is 2. The fraction of sp³-hybridized carbons (Fsp3) is 0.786. The molecule has 0 aliphatic heterocycles. The molecule has 2 N–H and O–H groups in total. The first-order valence-electron chi connectivity index (χ1n) is 7.49. The summed E-state index contributed by atoms with van der Waals surface area (Å²) in [6.07, 6.45) is 3.58. The number of hydrogen-bond acceptors (Lipinski definition) is 6. The van der Waals surface area contributed by atoms with Crippen molar-refractivity contribution in [1.82, 2.24) is 15.5 Å². The van der Waals surface area contributed by atoms with Crippen molar-refractivity contribution < 1.29 is 4.79 Å². The van der Waals surface area contributed by atoms with Crippen molar-refractivity contribution in [3.05, 3.63) is 0 Å². The zero-order valence-electron chi connectivity index (χ0n) is 13.0. The molecule has 1 aromatic rings. The first-order valence-corrected chi connectivity index (χ1v) is 9.19. The summed E-state index contributed by atoms with van der Waals surface area (Å²) < 4.78 is 0.826. The summed E-state index contributed by atoms with van der Waals surface area (Å²) in [5.41, 5.74) is 0. The van der Waals surface area contributed by atoms with Gasteiger partial charge in [0.05, 0.1) is 5.25 Å². The van der Waals surface area contributed by atoms with Gasteiger partial charge in [-0.15, -0.1) is 10.2 Å². The molecule has 0 saturated heterocycles. The summed E-state index contributed by atoms with van der Waals surface area (Å²) in [4.78, 5) is 12.4. The highest BCUT2D eigenvalue weighted by Crippen LogP contribution is 2.31. The van der Waals surface area contributed by atoms with Crippen molar-refractivity contribution in [2.24, 2.45) is 11.8 Å². The molecular weight excluding hydrogens is 304 g/mol. The van der Waals surface area contributed by atoms with E-state index < -0.39 is 0 Å². The molecule has 0 bridgehead atoms. The number of amides is 1. The van der Waals surface area contributed by atoms with Gasteiger partial charge in [0.1, 0.15) is 0 Å². The van der Waals surface area contributed by atoms with E-state index in [1.54, 1.807) is 0 Å². The Kier molecular flexibility index (Phi) is 5.87. The van der Waals surface area contributed by atoms with E-state index in [0.29, 0.717) is 17.9 Å². The van der Waals surface area contributed by atoms with Gasteiger partial charge < -0.3 is 10.6 Å². The summed E-state index contributed by atoms with van der Waals surface area (Å²) >= 11 is 2.95. The number of hydrogen-bond donors (Lipinski definition) is 2. The highest BCUT2D eigenvalue weighted by atomic mass is 32.2. The molecule has 0 spiro atoms. The van der Waals surface area contributed by atoms with E-state index in [2.05, 4.69) is 34.7 Å². The van der Waals surface area contributed by atoms with Crippen LogP contribution in [0.3, 0.4) is 0 Å². The Morgan fingerprint density at radius 2 is 2.14 bits per heavy atom. The molecule has 1 fully saturated rings. The Morgan fingerprint density at radius 3 is 2.81 bits per heavy atom. The van der Waals surface area contributed by atoms with Crippen LogP contribution in [0.4, 0.5) is 5.13 Å². The van der Waals surface area contributed by atoms with Crippen LogP contribution in [0.5, 0.6) is 0 Å². The molecule has 1 aliphatic rings. The fourth-order valence-electron chi connectivity index (χ4n) is 2.65. The average molecular weight is 329 g/mol. The molecule has 5 nitrogen and oxygen atoms in total. The largest absolute Gasteiger partial charge is 0.363 e. The maximum Gasteiger partial charge on any atom is 0.233 e. The smallest absolute Gasteiger partial charge is 0.233 e. The minimum Gasteiger partial charge on any atom is -0.363 e. The Bertz CT molecular complexity index is 479. The number of thioether (sulfide) groups is 1. The molecule has 1 amide bonds. The number of carbonyl (C=O) groups is 1. The minimum absolute atomic E-state index is 0.104. The van der Waals surface area contributed by atoms with Crippen molar-refractivity contribution in [2.75, 3.05) is 12.4 Å². The maximum absolute atomic E-state index is 12.4. The van der Waals surface area contributed by atoms with Crippen LogP contribution in [0, 0.1) is 11.8 Å². The lowest BCUT2D eigenvalue weighted by molar-refractivity contribution is -0.121. The Morgan fingerprint density at radius 1 is 1.38 bits per heavy atom. The molecule has 1 saturated carbocycles. The molecule has 1 aliphatic carbocycles. The lowest BCUT2D eigenvalue weighted by Crippen LogP contribution is -2.46. The van der Waals surface area contributed by atoms with Gasteiger partial charge in [-0.25, -0.2) is 0 Å². The summed E-state index contributed by atoms with van der Waals surface area (Å²) in [6, 6.07) is 0.312. The van der Waals surface area contributed by atoms with Crippen molar-refractivity contribution in [3.8, 4) is 0 Å². The van der Waals surface area contributed by atoms with Gasteiger partial charge in [-0.2, -0.15) is 0 Å². The molecule has 21 heavy (non-hydrogen) atoms. The molecular formula is C14H24N4OS2. The zero-order valence-corrected chi connectivity index (χ0v) is 14.7. The number of carbonyl (C=O) groups excluding carboxylic acids is 1. The lowest BCUT2D eigenvalue weighted by Gasteiger charge is -2.35. The number of nitrogens with zero attached hydrogens (tertiary/aromatic N) is 2. The third kappa shape index (κ3) is 4.32. The van der Waals surface area contributed by atoms with Gasteiger partial charge in [0.2, 0.25) is 11.0 Å². The molecule has 0 unspecified atom stereocenters. The lowest BCUT2D eigenvalue weighted by atomic mass is 9.78. The topological polar surface area (TPSA) is 66.9 Å². The monoisotopic (exact) mass is 328 g/mol. The molecule has 1 heterocycles. The van der Waals surface area contributed by atoms with Gasteiger partial charge in [-0.3, -0.25) is 4.79 Å². The molecule has 0 radical (unpaired) electrons. The van der Waals surface area contributed by atoms with Crippen LogP contribution in [0.2, 0.25) is 0 Å². The summed E-state index contributed by atoms with van der Waals surface area (Å²) in [7, 11) is 1.82. The van der Waals surface area contributed by atoms with E-state index in [4.69, 9.17) is 0 Å². The maximum atomic E-state index is 12.4. The van der Waals surface area contributed by atoms with Crippen LogP contribution in [0.15, 0.2) is 4.34 Å². The standard InChI is InChI=1S/C14H24N4OS2/c1-8-6-5-7-11(9(8)2)16-12(19)10(3)20-14-18-17-13(15-4)21-14/h8-11H,5-7H2,1-4H3,(H,15,17)(H,16,19)/t8-,9-,10-,11+/m1/s1. The average Bonchev–Trinajstić information content (AvgIpc) is 2.91. The van der Waals surface area contributed by atoms with Crippen LogP contribution in [-0.4, -0.2) is 34.4 Å². The van der Waals surface area contributed by atoms with Gasteiger partial charge in [0.25, 0.3) is 0 Å². The van der Waals surface area contributed by atoms with Crippen molar-refractivity contribution in [1.29, 1.82) is 0 Å². The predicted molar refractivity (Wildman–Crippen MR) is 88.9 cm³/mol. The second-order valence-electron chi connectivity index (χ2n) is 5.77. The minimum atomic E-state index is -0.146. The van der Waals surface area contributed by atoms with Crippen LogP contribution in [-0.2, 0) is 4.79 Å². The number of anilines is 1. The molecule has 7 heteroatoms. The Hall–Kier alpha value is -0.820. The summed E-state index contributed by atoms with van der Waals surface area (Å²) in [5, 5.41) is 14.9. The fourth-order valence-corrected chi connectivity index (χ4v) is 4.51. The highest BCUT2D eigenvalue weighted by molar-refractivity contribution is 8.02. The SMILES string of the molecule is CNc1nnc(S[C@H](C)C(=O)N[C@H]2CCC[C@@H](C)[C@H]2C)s1. The highest BCUT2D eigenvalue weighted by Gasteiger charge is 2.29. The van der Waals surface area contributed by atoms with E-state index in [1.807, 2.05) is 14.0 Å². The van der Waals surface area contributed by atoms with Gasteiger partial charge in [-0.05, 0) is 25.2 Å². The van der Waals surface area contributed by atoms with E-state index in [9.17, 15) is 4.79 Å². The predicted octanol–water partition coefficient (Wildman–Crippen LogP) is 3.00. The van der Waals surface area contributed by atoms with Gasteiger partial charge >= 0.3 is 0 Å². The molecule has 0 aromatic carbocycles. The van der Waals surface area contributed by atoms with Crippen molar-refractivity contribution >= 4 is 34.1 Å². The first kappa shape index (κ1) is 16.5. The van der Waals surface area contributed by atoms with Crippen LogP contribution < -0.4 is 10.6 Å². The van der Waals surface area contributed by atoms with Gasteiger partial charge in [0, 0.05) is 13.1 Å². The van der Waals surface area contributed by atoms with Gasteiger partial charge in [0.15, 0.2) is 4.34 Å². The van der Waals surface area contributed by atoms with Crippen molar-refractivity contribution in [2.45, 2.75) is 55.7 Å². The first-order chi connectivity index (χ1) is 10.0.